The van der Waals surface area contributed by atoms with E-state index in [4.69, 9.17) is 14.7 Å². The van der Waals surface area contributed by atoms with Crippen LogP contribution < -0.4 is 5.73 Å². The number of para-hydroxylation sites is 1. The molecule has 0 aliphatic heterocycles. The van der Waals surface area contributed by atoms with Gasteiger partial charge >= 0.3 is 0 Å². The van der Waals surface area contributed by atoms with Crippen LogP contribution in [0.15, 0.2) is 39.5 Å². The smallest absolute Gasteiger partial charge is 0.261 e. The number of nitrogens with zero attached hydrogens (tertiary/aromatic N) is 2. The molecule has 0 spiro atoms. The molecular formula is C12H11N3O2. The molecule has 0 fully saturated rings. The van der Waals surface area contributed by atoms with Gasteiger partial charge in [-0.05, 0) is 13.0 Å². The Bertz CT molecular complexity index is 654. The van der Waals surface area contributed by atoms with Gasteiger partial charge in [0.15, 0.2) is 5.82 Å². The zero-order valence-corrected chi connectivity index (χ0v) is 9.25. The molecule has 5 heteroatoms. The number of furan rings is 1. The van der Waals surface area contributed by atoms with Gasteiger partial charge in [0, 0.05) is 5.39 Å². The van der Waals surface area contributed by atoms with Crippen molar-refractivity contribution in [1.29, 1.82) is 0 Å². The van der Waals surface area contributed by atoms with Gasteiger partial charge in [-0.3, -0.25) is 0 Å². The van der Waals surface area contributed by atoms with E-state index in [1.807, 2.05) is 31.2 Å². The summed E-state index contributed by atoms with van der Waals surface area (Å²) in [5, 5.41) is 4.78. The van der Waals surface area contributed by atoms with Crippen LogP contribution in [0.2, 0.25) is 0 Å². The van der Waals surface area contributed by atoms with Crippen molar-refractivity contribution < 1.29 is 8.94 Å². The second kappa shape index (κ2) is 3.71. The summed E-state index contributed by atoms with van der Waals surface area (Å²) in [6.45, 7) is 1.81. The zero-order valence-electron chi connectivity index (χ0n) is 9.25. The Balaban J connectivity index is 2.14. The van der Waals surface area contributed by atoms with E-state index in [0.717, 1.165) is 16.5 Å². The van der Waals surface area contributed by atoms with Crippen molar-refractivity contribution in [2.24, 2.45) is 5.73 Å². The summed E-state index contributed by atoms with van der Waals surface area (Å²) >= 11 is 0. The quantitative estimate of drug-likeness (QED) is 0.730. The molecule has 0 aliphatic carbocycles. The minimum absolute atomic E-state index is 0.245. The summed E-state index contributed by atoms with van der Waals surface area (Å²) < 4.78 is 10.6. The third-order valence-electron chi connectivity index (χ3n) is 2.56. The average molecular weight is 229 g/mol. The van der Waals surface area contributed by atoms with E-state index in [2.05, 4.69) is 10.1 Å². The maximum atomic E-state index is 5.68. The fraction of sp³-hybridized carbons (Fsp3) is 0.167. The molecule has 5 nitrogen and oxygen atoms in total. The molecule has 0 saturated heterocycles. The van der Waals surface area contributed by atoms with Gasteiger partial charge in [-0.2, -0.15) is 4.98 Å². The Labute approximate surface area is 97.2 Å². The van der Waals surface area contributed by atoms with E-state index in [1.54, 1.807) is 6.26 Å². The van der Waals surface area contributed by atoms with E-state index in [0.29, 0.717) is 11.7 Å². The first-order chi connectivity index (χ1) is 8.25. The van der Waals surface area contributed by atoms with Gasteiger partial charge in [-0.25, -0.2) is 0 Å². The lowest BCUT2D eigenvalue weighted by Crippen LogP contribution is -2.06. The Hall–Kier alpha value is -2.14. The van der Waals surface area contributed by atoms with Gasteiger partial charge in [0.25, 0.3) is 5.89 Å². The maximum Gasteiger partial charge on any atom is 0.261 e. The first-order valence-corrected chi connectivity index (χ1v) is 5.31. The molecule has 2 aromatic heterocycles. The molecule has 1 aromatic carbocycles. The number of rotatable bonds is 2. The lowest BCUT2D eigenvalue weighted by molar-refractivity contribution is 0.418. The van der Waals surface area contributed by atoms with E-state index in [-0.39, 0.29) is 6.04 Å². The van der Waals surface area contributed by atoms with Crippen LogP contribution in [-0.4, -0.2) is 10.1 Å². The molecule has 0 radical (unpaired) electrons. The number of hydrogen-bond acceptors (Lipinski definition) is 5. The van der Waals surface area contributed by atoms with E-state index in [1.165, 1.54) is 0 Å². The standard InChI is InChI=1S/C12H11N3O2/c1-7(13)11-14-12(17-15-11)9-6-16-10-5-3-2-4-8(9)10/h2-7H,13H2,1H3. The van der Waals surface area contributed by atoms with Crippen molar-refractivity contribution in [3.8, 4) is 11.5 Å². The van der Waals surface area contributed by atoms with E-state index in [9.17, 15) is 0 Å². The third-order valence-corrected chi connectivity index (χ3v) is 2.56. The van der Waals surface area contributed by atoms with Gasteiger partial charge in [-0.1, -0.05) is 23.4 Å². The summed E-state index contributed by atoms with van der Waals surface area (Å²) in [4.78, 5) is 4.24. The SMILES string of the molecule is CC(N)c1noc(-c2coc3ccccc23)n1. The molecule has 0 bridgehead atoms. The second-order valence-corrected chi connectivity index (χ2v) is 3.89. The summed E-state index contributed by atoms with van der Waals surface area (Å²) in [6.07, 6.45) is 1.61. The van der Waals surface area contributed by atoms with Crippen molar-refractivity contribution in [1.82, 2.24) is 10.1 Å². The summed E-state index contributed by atoms with van der Waals surface area (Å²) in [5.41, 5.74) is 7.27. The van der Waals surface area contributed by atoms with Gasteiger partial charge in [0.05, 0.1) is 11.6 Å². The average Bonchev–Trinajstić information content (AvgIpc) is 2.95. The number of benzene rings is 1. The largest absolute Gasteiger partial charge is 0.463 e. The molecule has 2 N–H and O–H groups in total. The summed E-state index contributed by atoms with van der Waals surface area (Å²) in [6, 6.07) is 7.44. The number of aromatic nitrogens is 2. The number of nitrogens with two attached hydrogens (primary N) is 1. The van der Waals surface area contributed by atoms with Gasteiger partial charge < -0.3 is 14.7 Å². The maximum absolute atomic E-state index is 5.68. The van der Waals surface area contributed by atoms with Crippen LogP contribution in [0, 0.1) is 0 Å². The van der Waals surface area contributed by atoms with Crippen molar-refractivity contribution >= 4 is 11.0 Å². The Morgan fingerprint density at radius 3 is 2.88 bits per heavy atom. The van der Waals surface area contributed by atoms with Crippen molar-refractivity contribution in [3.63, 3.8) is 0 Å². The number of fused-ring (bicyclic) bond motifs is 1. The van der Waals surface area contributed by atoms with Crippen LogP contribution in [-0.2, 0) is 0 Å². The molecule has 1 atom stereocenters. The Morgan fingerprint density at radius 1 is 1.29 bits per heavy atom. The molecular weight excluding hydrogens is 218 g/mol. The molecule has 0 saturated carbocycles. The third kappa shape index (κ3) is 1.60. The van der Waals surface area contributed by atoms with Crippen LogP contribution in [0.5, 0.6) is 0 Å². The highest BCUT2D eigenvalue weighted by atomic mass is 16.5. The van der Waals surface area contributed by atoms with Gasteiger partial charge in [0.1, 0.15) is 11.8 Å². The first kappa shape index (κ1) is 10.0. The van der Waals surface area contributed by atoms with Crippen molar-refractivity contribution in [3.05, 3.63) is 36.4 Å². The molecule has 1 unspecified atom stereocenters. The molecule has 17 heavy (non-hydrogen) atoms. The Morgan fingerprint density at radius 2 is 2.12 bits per heavy atom. The molecule has 86 valence electrons. The minimum Gasteiger partial charge on any atom is -0.463 e. The second-order valence-electron chi connectivity index (χ2n) is 3.89. The van der Waals surface area contributed by atoms with Gasteiger partial charge in [0.2, 0.25) is 0 Å². The lowest BCUT2D eigenvalue weighted by atomic mass is 10.2. The van der Waals surface area contributed by atoms with Gasteiger partial charge in [-0.15, -0.1) is 0 Å². The summed E-state index contributed by atoms with van der Waals surface area (Å²) in [5.74, 6) is 0.924. The highest BCUT2D eigenvalue weighted by molar-refractivity contribution is 5.91. The van der Waals surface area contributed by atoms with E-state index >= 15 is 0 Å². The van der Waals surface area contributed by atoms with Crippen LogP contribution in [0.1, 0.15) is 18.8 Å². The lowest BCUT2D eigenvalue weighted by Gasteiger charge is -1.93. The van der Waals surface area contributed by atoms with Crippen LogP contribution in [0.4, 0.5) is 0 Å². The highest BCUT2D eigenvalue weighted by Crippen LogP contribution is 2.29. The molecule has 0 aliphatic rings. The van der Waals surface area contributed by atoms with Crippen molar-refractivity contribution in [2.75, 3.05) is 0 Å². The monoisotopic (exact) mass is 229 g/mol. The van der Waals surface area contributed by atoms with Crippen LogP contribution >= 0.6 is 0 Å². The van der Waals surface area contributed by atoms with Crippen LogP contribution in [0.3, 0.4) is 0 Å². The predicted octanol–water partition coefficient (Wildman–Crippen LogP) is 2.50. The molecule has 3 aromatic rings. The molecule has 3 rings (SSSR count). The normalized spacial score (nSPS) is 13.1. The topological polar surface area (TPSA) is 78.1 Å². The number of hydrogen-bond donors (Lipinski definition) is 1. The molecule has 0 amide bonds. The van der Waals surface area contributed by atoms with E-state index < -0.39 is 0 Å². The Kier molecular flexibility index (Phi) is 2.19. The van der Waals surface area contributed by atoms with Crippen molar-refractivity contribution in [2.45, 2.75) is 13.0 Å². The van der Waals surface area contributed by atoms with Crippen LogP contribution in [0.25, 0.3) is 22.4 Å². The summed E-state index contributed by atoms with van der Waals surface area (Å²) in [7, 11) is 0. The minimum atomic E-state index is -0.245. The highest BCUT2D eigenvalue weighted by Gasteiger charge is 2.15. The zero-order chi connectivity index (χ0) is 11.8. The predicted molar refractivity (Wildman–Crippen MR) is 62.1 cm³/mol. The fourth-order valence-electron chi connectivity index (χ4n) is 1.67. The molecule has 2 heterocycles. The first-order valence-electron chi connectivity index (χ1n) is 5.31. The fourth-order valence-corrected chi connectivity index (χ4v) is 1.67.